The van der Waals surface area contributed by atoms with Crippen LogP contribution in [0.25, 0.3) is 11.3 Å². The highest BCUT2D eigenvalue weighted by molar-refractivity contribution is 6.30. The normalized spacial score (nSPS) is 11.4. The molecule has 1 amide bonds. The van der Waals surface area contributed by atoms with E-state index < -0.39 is 17.6 Å². The van der Waals surface area contributed by atoms with Crippen molar-refractivity contribution in [2.24, 2.45) is 0 Å². The maximum atomic E-state index is 13.0. The van der Waals surface area contributed by atoms with Crippen molar-refractivity contribution in [1.82, 2.24) is 9.78 Å². The molecule has 0 saturated carbocycles. The van der Waals surface area contributed by atoms with Gasteiger partial charge in [0.25, 0.3) is 5.91 Å². The van der Waals surface area contributed by atoms with E-state index in [0.29, 0.717) is 28.5 Å². The van der Waals surface area contributed by atoms with Crippen molar-refractivity contribution < 1.29 is 18.0 Å². The molecule has 0 radical (unpaired) electrons. The van der Waals surface area contributed by atoms with Gasteiger partial charge in [-0.2, -0.15) is 18.3 Å². The number of amides is 1. The summed E-state index contributed by atoms with van der Waals surface area (Å²) in [7, 11) is 0. The quantitative estimate of drug-likeness (QED) is 0.636. The van der Waals surface area contributed by atoms with Gasteiger partial charge in [0.15, 0.2) is 5.69 Å². The summed E-state index contributed by atoms with van der Waals surface area (Å²) in [6.45, 7) is 2.20. The van der Waals surface area contributed by atoms with Crippen molar-refractivity contribution in [3.63, 3.8) is 0 Å². The Morgan fingerprint density at radius 2 is 1.85 bits per heavy atom. The summed E-state index contributed by atoms with van der Waals surface area (Å²) >= 11 is 5.81. The fourth-order valence-electron chi connectivity index (χ4n) is 2.58. The molecule has 27 heavy (non-hydrogen) atoms. The fourth-order valence-corrected chi connectivity index (χ4v) is 2.71. The summed E-state index contributed by atoms with van der Waals surface area (Å²) < 4.78 is 40.4. The number of rotatable bonds is 4. The summed E-state index contributed by atoms with van der Waals surface area (Å²) in [5.74, 6) is -0.460. The van der Waals surface area contributed by atoms with E-state index in [1.165, 1.54) is 16.8 Å². The zero-order valence-corrected chi connectivity index (χ0v) is 15.0. The molecule has 0 bridgehead atoms. The van der Waals surface area contributed by atoms with Crippen molar-refractivity contribution >= 4 is 23.2 Å². The zero-order chi connectivity index (χ0) is 19.6. The van der Waals surface area contributed by atoms with Gasteiger partial charge in [0.2, 0.25) is 0 Å². The van der Waals surface area contributed by atoms with Crippen molar-refractivity contribution in [3.05, 3.63) is 70.9 Å². The standard InChI is InChI=1S/C19H15ClF3N3O/c1-2-26-17(12-4-3-5-13(10-12)19(21,22)23)11-16(25-26)18(27)24-15-8-6-14(20)7-9-15/h3-11H,2H2,1H3,(H,24,27). The second-order valence-electron chi connectivity index (χ2n) is 5.77. The molecule has 0 fully saturated rings. The molecule has 8 heteroatoms. The fraction of sp³-hybridized carbons (Fsp3) is 0.158. The predicted octanol–water partition coefficient (Wildman–Crippen LogP) is 5.49. The van der Waals surface area contributed by atoms with E-state index in [-0.39, 0.29) is 5.69 Å². The van der Waals surface area contributed by atoms with Crippen LogP contribution in [-0.2, 0) is 12.7 Å². The van der Waals surface area contributed by atoms with Gasteiger partial charge in [0.05, 0.1) is 11.3 Å². The smallest absolute Gasteiger partial charge is 0.321 e. The zero-order valence-electron chi connectivity index (χ0n) is 14.2. The van der Waals surface area contributed by atoms with Gasteiger partial charge in [-0.3, -0.25) is 9.48 Å². The Hall–Kier alpha value is -2.80. The highest BCUT2D eigenvalue weighted by atomic mass is 35.5. The number of anilines is 1. The highest BCUT2D eigenvalue weighted by Gasteiger charge is 2.30. The Morgan fingerprint density at radius 1 is 1.15 bits per heavy atom. The number of nitrogens with zero attached hydrogens (tertiary/aromatic N) is 2. The number of aromatic nitrogens is 2. The molecule has 0 saturated heterocycles. The second-order valence-corrected chi connectivity index (χ2v) is 6.21. The largest absolute Gasteiger partial charge is 0.416 e. The summed E-state index contributed by atoms with van der Waals surface area (Å²) in [5, 5.41) is 7.43. The summed E-state index contributed by atoms with van der Waals surface area (Å²) in [6.07, 6.45) is -4.44. The number of hydrogen-bond acceptors (Lipinski definition) is 2. The number of alkyl halides is 3. The van der Waals surface area contributed by atoms with Crippen LogP contribution in [0.4, 0.5) is 18.9 Å². The number of benzene rings is 2. The molecule has 0 atom stereocenters. The lowest BCUT2D eigenvalue weighted by molar-refractivity contribution is -0.137. The molecule has 4 nitrogen and oxygen atoms in total. The Labute approximate surface area is 158 Å². The number of carbonyl (C=O) groups is 1. The molecule has 1 N–H and O–H groups in total. The van der Waals surface area contributed by atoms with Crippen LogP contribution >= 0.6 is 11.6 Å². The lowest BCUT2D eigenvalue weighted by Gasteiger charge is -2.09. The van der Waals surface area contributed by atoms with Gasteiger partial charge < -0.3 is 5.32 Å². The Bertz CT molecular complexity index is 965. The first-order valence-electron chi connectivity index (χ1n) is 8.10. The van der Waals surface area contributed by atoms with E-state index in [4.69, 9.17) is 11.6 Å². The molecule has 3 aromatic rings. The molecule has 1 heterocycles. The van der Waals surface area contributed by atoms with Gasteiger partial charge in [-0.15, -0.1) is 0 Å². The van der Waals surface area contributed by atoms with Crippen molar-refractivity contribution in [2.45, 2.75) is 19.6 Å². The average Bonchev–Trinajstić information content (AvgIpc) is 3.08. The average molecular weight is 394 g/mol. The molecule has 2 aromatic carbocycles. The number of aryl methyl sites for hydroxylation is 1. The van der Waals surface area contributed by atoms with Gasteiger partial charge in [-0.25, -0.2) is 0 Å². The minimum absolute atomic E-state index is 0.110. The molecular formula is C19H15ClF3N3O. The van der Waals surface area contributed by atoms with E-state index in [0.717, 1.165) is 12.1 Å². The van der Waals surface area contributed by atoms with E-state index in [1.807, 2.05) is 0 Å². The van der Waals surface area contributed by atoms with Crippen LogP contribution in [0, 0.1) is 0 Å². The third kappa shape index (κ3) is 4.31. The van der Waals surface area contributed by atoms with E-state index >= 15 is 0 Å². The van der Waals surface area contributed by atoms with E-state index in [2.05, 4.69) is 10.4 Å². The van der Waals surface area contributed by atoms with Gasteiger partial charge in [0, 0.05) is 22.8 Å². The van der Waals surface area contributed by atoms with Crippen LogP contribution in [0.15, 0.2) is 54.6 Å². The second kappa shape index (κ2) is 7.44. The monoisotopic (exact) mass is 393 g/mol. The number of nitrogens with one attached hydrogen (secondary N) is 1. The SMILES string of the molecule is CCn1nc(C(=O)Nc2ccc(Cl)cc2)cc1-c1cccc(C(F)(F)F)c1. The van der Waals surface area contributed by atoms with E-state index in [1.54, 1.807) is 37.3 Å². The van der Waals surface area contributed by atoms with Crippen LogP contribution in [0.5, 0.6) is 0 Å². The minimum Gasteiger partial charge on any atom is -0.321 e. The number of carbonyl (C=O) groups excluding carboxylic acids is 1. The van der Waals surface area contributed by atoms with Crippen molar-refractivity contribution in [3.8, 4) is 11.3 Å². The molecule has 1 aromatic heterocycles. The first-order valence-corrected chi connectivity index (χ1v) is 8.48. The van der Waals surface area contributed by atoms with Gasteiger partial charge in [0.1, 0.15) is 0 Å². The predicted molar refractivity (Wildman–Crippen MR) is 97.7 cm³/mol. The molecule has 0 aliphatic heterocycles. The first-order chi connectivity index (χ1) is 12.8. The number of halogens is 4. The third-order valence-corrected chi connectivity index (χ3v) is 4.15. The molecule has 0 aliphatic carbocycles. The molecule has 0 unspecified atom stereocenters. The minimum atomic E-state index is -4.44. The van der Waals surface area contributed by atoms with Crippen molar-refractivity contribution in [1.29, 1.82) is 0 Å². The van der Waals surface area contributed by atoms with Gasteiger partial charge in [-0.05, 0) is 49.4 Å². The van der Waals surface area contributed by atoms with Crippen LogP contribution in [0.2, 0.25) is 5.02 Å². The summed E-state index contributed by atoms with van der Waals surface area (Å²) in [5.41, 5.74) is 0.667. The molecule has 3 rings (SSSR count). The van der Waals surface area contributed by atoms with Gasteiger partial charge in [-0.1, -0.05) is 23.7 Å². The maximum Gasteiger partial charge on any atom is 0.416 e. The highest BCUT2D eigenvalue weighted by Crippen LogP contribution is 2.32. The Kier molecular flexibility index (Phi) is 5.23. The maximum absolute atomic E-state index is 13.0. The van der Waals surface area contributed by atoms with E-state index in [9.17, 15) is 18.0 Å². The summed E-state index contributed by atoms with van der Waals surface area (Å²) in [4.78, 5) is 12.4. The Morgan fingerprint density at radius 3 is 2.48 bits per heavy atom. The van der Waals surface area contributed by atoms with Crippen LogP contribution in [-0.4, -0.2) is 15.7 Å². The Balaban J connectivity index is 1.91. The van der Waals surface area contributed by atoms with Crippen LogP contribution in [0.3, 0.4) is 0 Å². The molecule has 140 valence electrons. The lowest BCUT2D eigenvalue weighted by atomic mass is 10.1. The molecule has 0 spiro atoms. The topological polar surface area (TPSA) is 46.9 Å². The first kappa shape index (κ1) is 19.0. The summed E-state index contributed by atoms with van der Waals surface area (Å²) in [6, 6.07) is 13.0. The molecular weight excluding hydrogens is 379 g/mol. The third-order valence-electron chi connectivity index (χ3n) is 3.90. The van der Waals surface area contributed by atoms with Crippen molar-refractivity contribution in [2.75, 3.05) is 5.32 Å². The number of hydrogen-bond donors (Lipinski definition) is 1. The van der Waals surface area contributed by atoms with Crippen LogP contribution in [0.1, 0.15) is 23.0 Å². The van der Waals surface area contributed by atoms with Crippen LogP contribution < -0.4 is 5.32 Å². The molecule has 0 aliphatic rings. The van der Waals surface area contributed by atoms with Gasteiger partial charge >= 0.3 is 6.18 Å². The lowest BCUT2D eigenvalue weighted by Crippen LogP contribution is -2.13.